The van der Waals surface area contributed by atoms with E-state index in [-0.39, 0.29) is 0 Å². The zero-order valence-corrected chi connectivity index (χ0v) is 22.8. The average molecular weight is 435 g/mol. The van der Waals surface area contributed by atoms with E-state index in [1.165, 1.54) is 33.4 Å². The fraction of sp³-hybridized carbons (Fsp3) is 0.600. The number of hydrogen-bond acceptors (Lipinski definition) is 1. The fourth-order valence-electron chi connectivity index (χ4n) is 4.80. The van der Waals surface area contributed by atoms with Gasteiger partial charge in [-0.05, 0) is 79.8 Å². The lowest BCUT2D eigenvalue weighted by Gasteiger charge is -2.29. The Morgan fingerprint density at radius 1 is 0.438 bits per heavy atom. The van der Waals surface area contributed by atoms with E-state index in [4.69, 9.17) is 0 Å². The molecule has 32 heavy (non-hydrogen) atoms. The van der Waals surface area contributed by atoms with Crippen molar-refractivity contribution in [3.8, 4) is 0 Å². The molecule has 1 N–H and O–H groups in total. The van der Waals surface area contributed by atoms with Crippen LogP contribution >= 0.6 is 0 Å². The molecule has 0 aliphatic carbocycles. The normalized spacial score (nSPS) is 12.3. The summed E-state index contributed by atoms with van der Waals surface area (Å²) >= 11 is 0. The van der Waals surface area contributed by atoms with Crippen LogP contribution in [0.2, 0.25) is 0 Å². The molecule has 0 aliphatic heterocycles. The summed E-state index contributed by atoms with van der Waals surface area (Å²) in [7, 11) is 0. The Labute approximate surface area is 199 Å². The Morgan fingerprint density at radius 2 is 0.656 bits per heavy atom. The quantitative estimate of drug-likeness (QED) is 0.426. The Morgan fingerprint density at radius 3 is 0.812 bits per heavy atom. The van der Waals surface area contributed by atoms with Crippen molar-refractivity contribution in [2.45, 2.75) is 119 Å². The Bertz CT molecular complexity index is 785. The van der Waals surface area contributed by atoms with Crippen LogP contribution in [-0.4, -0.2) is 11.9 Å². The highest BCUT2D eigenvalue weighted by Gasteiger charge is 2.32. The predicted molar refractivity (Wildman–Crippen MR) is 145 cm³/mol. The first kappa shape index (κ1) is 26.7. The third-order valence-corrected chi connectivity index (χ3v) is 6.90. The molecule has 0 saturated heterocycles. The van der Waals surface area contributed by atoms with Crippen molar-refractivity contribution in [1.82, 2.24) is 0 Å². The standard InChI is InChI=1S/C30H47BO/c1-17(2)23-13-25(19(5)6)29(26(14-23)20(7)8)31(32)30-27(21(9)10)15-24(18(3)4)16-28(30)22(11)12/h13-22,32H,1-12H3. The van der Waals surface area contributed by atoms with Crippen LogP contribution in [-0.2, 0) is 0 Å². The minimum absolute atomic E-state index is 0.357. The predicted octanol–water partition coefficient (Wildman–Crippen LogP) is 7.53. The molecule has 0 saturated carbocycles. The molecule has 0 spiro atoms. The lowest BCUT2D eigenvalue weighted by atomic mass is 9.48. The third kappa shape index (κ3) is 5.50. The van der Waals surface area contributed by atoms with Crippen molar-refractivity contribution in [2.75, 3.05) is 0 Å². The molecule has 0 unspecified atom stereocenters. The van der Waals surface area contributed by atoms with Crippen molar-refractivity contribution in [3.63, 3.8) is 0 Å². The molecular weight excluding hydrogens is 387 g/mol. The highest BCUT2D eigenvalue weighted by Crippen LogP contribution is 2.29. The summed E-state index contributed by atoms with van der Waals surface area (Å²) in [5.74, 6) is 2.37. The molecule has 0 amide bonds. The van der Waals surface area contributed by atoms with E-state index in [1.54, 1.807) is 0 Å². The van der Waals surface area contributed by atoms with Crippen LogP contribution in [0.1, 0.15) is 152 Å². The van der Waals surface area contributed by atoms with Crippen molar-refractivity contribution in [1.29, 1.82) is 0 Å². The van der Waals surface area contributed by atoms with Gasteiger partial charge in [-0.15, -0.1) is 0 Å². The third-order valence-electron chi connectivity index (χ3n) is 6.90. The van der Waals surface area contributed by atoms with E-state index in [9.17, 15) is 5.02 Å². The van der Waals surface area contributed by atoms with Crippen LogP contribution in [0.5, 0.6) is 0 Å². The number of hydrogen-bond donors (Lipinski definition) is 1. The van der Waals surface area contributed by atoms with Crippen molar-refractivity contribution in [2.24, 2.45) is 0 Å². The topological polar surface area (TPSA) is 20.2 Å². The molecule has 2 aromatic carbocycles. The zero-order valence-electron chi connectivity index (χ0n) is 22.8. The smallest absolute Gasteiger partial charge is 0.360 e. The summed E-state index contributed by atoms with van der Waals surface area (Å²) in [4.78, 5) is 0. The summed E-state index contributed by atoms with van der Waals surface area (Å²) in [6.07, 6.45) is 0. The van der Waals surface area contributed by atoms with Gasteiger partial charge >= 0.3 is 6.92 Å². The maximum absolute atomic E-state index is 12.2. The molecule has 0 fully saturated rings. The molecule has 2 rings (SSSR count). The van der Waals surface area contributed by atoms with Crippen LogP contribution in [0, 0.1) is 0 Å². The first-order valence-corrected chi connectivity index (χ1v) is 12.8. The van der Waals surface area contributed by atoms with Gasteiger partial charge in [0, 0.05) is 0 Å². The first-order valence-electron chi connectivity index (χ1n) is 12.8. The van der Waals surface area contributed by atoms with Gasteiger partial charge in [0.15, 0.2) is 0 Å². The second-order valence-corrected chi connectivity index (χ2v) is 11.6. The molecule has 2 aromatic rings. The first-order chi connectivity index (χ1) is 14.8. The summed E-state index contributed by atoms with van der Waals surface area (Å²) in [6, 6.07) is 9.41. The van der Waals surface area contributed by atoms with Crippen molar-refractivity contribution in [3.05, 3.63) is 57.6 Å². The SMILES string of the molecule is CC(C)c1cc(C(C)C)c(B(O)c2c(C(C)C)cc(C(C)C)cc2C(C)C)c(C(C)C)c1. The summed E-state index contributed by atoms with van der Waals surface area (Å²) < 4.78 is 0. The highest BCUT2D eigenvalue weighted by molar-refractivity contribution is 6.80. The van der Waals surface area contributed by atoms with Crippen LogP contribution in [0.25, 0.3) is 0 Å². The summed E-state index contributed by atoms with van der Waals surface area (Å²) in [5, 5.41) is 12.2. The van der Waals surface area contributed by atoms with Gasteiger partial charge in [-0.1, -0.05) is 107 Å². The van der Waals surface area contributed by atoms with E-state index >= 15 is 0 Å². The van der Waals surface area contributed by atoms with Gasteiger partial charge in [-0.25, -0.2) is 0 Å². The zero-order chi connectivity index (χ0) is 24.5. The molecule has 176 valence electrons. The minimum Gasteiger partial charge on any atom is -0.443 e. The Kier molecular flexibility index (Phi) is 8.85. The highest BCUT2D eigenvalue weighted by atomic mass is 16.2. The molecule has 0 aromatic heterocycles. The van der Waals surface area contributed by atoms with Crippen molar-refractivity contribution < 1.29 is 5.02 Å². The second kappa shape index (κ2) is 10.6. The lowest BCUT2D eigenvalue weighted by molar-refractivity contribution is 0.596. The van der Waals surface area contributed by atoms with E-state index in [0.717, 1.165) is 10.9 Å². The van der Waals surface area contributed by atoms with E-state index < -0.39 is 6.92 Å². The van der Waals surface area contributed by atoms with E-state index in [0.29, 0.717) is 35.5 Å². The maximum Gasteiger partial charge on any atom is 0.360 e. The summed E-state index contributed by atoms with van der Waals surface area (Å²) in [5.41, 5.74) is 10.2. The minimum atomic E-state index is -0.609. The van der Waals surface area contributed by atoms with Crippen LogP contribution in [0.15, 0.2) is 24.3 Å². The van der Waals surface area contributed by atoms with Crippen LogP contribution in [0.4, 0.5) is 0 Å². The summed E-state index contributed by atoms with van der Waals surface area (Å²) in [6.45, 7) is 26.5. The van der Waals surface area contributed by atoms with E-state index in [1.807, 2.05) is 0 Å². The van der Waals surface area contributed by atoms with Crippen LogP contribution < -0.4 is 10.9 Å². The molecule has 1 nitrogen and oxygen atoms in total. The maximum atomic E-state index is 12.2. The molecule has 0 bridgehead atoms. The van der Waals surface area contributed by atoms with Gasteiger partial charge in [0.1, 0.15) is 0 Å². The lowest BCUT2D eigenvalue weighted by Crippen LogP contribution is -2.50. The fourth-order valence-corrected chi connectivity index (χ4v) is 4.80. The van der Waals surface area contributed by atoms with Gasteiger partial charge in [0.25, 0.3) is 0 Å². The van der Waals surface area contributed by atoms with Gasteiger partial charge in [-0.2, -0.15) is 0 Å². The monoisotopic (exact) mass is 434 g/mol. The van der Waals surface area contributed by atoms with Gasteiger partial charge in [-0.3, -0.25) is 0 Å². The molecule has 0 radical (unpaired) electrons. The van der Waals surface area contributed by atoms with E-state index in [2.05, 4.69) is 107 Å². The van der Waals surface area contributed by atoms with Gasteiger partial charge in [0.05, 0.1) is 0 Å². The second-order valence-electron chi connectivity index (χ2n) is 11.6. The van der Waals surface area contributed by atoms with Crippen LogP contribution in [0.3, 0.4) is 0 Å². The number of benzene rings is 2. The van der Waals surface area contributed by atoms with Gasteiger partial charge in [0.2, 0.25) is 0 Å². The largest absolute Gasteiger partial charge is 0.443 e. The molecular formula is C30H47BO. The number of rotatable bonds is 8. The Hall–Kier alpha value is -1.54. The average Bonchev–Trinajstić information content (AvgIpc) is 2.70. The van der Waals surface area contributed by atoms with Crippen molar-refractivity contribution >= 4 is 17.8 Å². The molecule has 2 heteroatoms. The molecule has 0 aliphatic rings. The molecule has 0 atom stereocenters. The molecule has 0 heterocycles. The van der Waals surface area contributed by atoms with Gasteiger partial charge < -0.3 is 5.02 Å². The Balaban J connectivity index is 2.94.